The fourth-order valence-corrected chi connectivity index (χ4v) is 7.48. The van der Waals surface area contributed by atoms with Gasteiger partial charge in [-0.25, -0.2) is 22.8 Å². The second-order valence-electron chi connectivity index (χ2n) is 10.8. The first kappa shape index (κ1) is 28.3. The summed E-state index contributed by atoms with van der Waals surface area (Å²) in [6, 6.07) is 14.0. The zero-order valence-corrected chi connectivity index (χ0v) is 24.4. The number of nitrogens with zero attached hydrogens (tertiary/aromatic N) is 5. The summed E-state index contributed by atoms with van der Waals surface area (Å²) >= 11 is 12.7. The molecule has 1 aromatic heterocycles. The maximum atomic E-state index is 12.0. The third-order valence-corrected chi connectivity index (χ3v) is 9.81. The number of β-amino-alcohol motifs (C(OH)–C–C–N with tert-alkyl or cyclic N) is 1. The summed E-state index contributed by atoms with van der Waals surface area (Å²) < 4.78 is 27.7. The molecule has 2 fully saturated rings. The van der Waals surface area contributed by atoms with E-state index in [1.165, 1.54) is 6.33 Å². The molecule has 2 unspecified atom stereocenters. The summed E-state index contributed by atoms with van der Waals surface area (Å²) in [4.78, 5) is 8.72. The van der Waals surface area contributed by atoms with Gasteiger partial charge in [0.05, 0.1) is 12.3 Å². The second kappa shape index (κ2) is 11.3. The summed E-state index contributed by atoms with van der Waals surface area (Å²) in [5.41, 5.74) is 1.58. The van der Waals surface area contributed by atoms with E-state index >= 15 is 0 Å². The van der Waals surface area contributed by atoms with Crippen LogP contribution in [0.3, 0.4) is 0 Å². The molecule has 39 heavy (non-hydrogen) atoms. The molecule has 2 aliphatic heterocycles. The van der Waals surface area contributed by atoms with Gasteiger partial charge < -0.3 is 10.0 Å². The summed E-state index contributed by atoms with van der Waals surface area (Å²) in [6.07, 6.45) is 3.67. The van der Waals surface area contributed by atoms with Gasteiger partial charge in [-0.05, 0) is 56.0 Å². The quantitative estimate of drug-likeness (QED) is 0.433. The van der Waals surface area contributed by atoms with Crippen molar-refractivity contribution in [3.63, 3.8) is 0 Å². The van der Waals surface area contributed by atoms with Gasteiger partial charge in [0.2, 0.25) is 10.0 Å². The van der Waals surface area contributed by atoms with E-state index in [0.717, 1.165) is 24.3 Å². The lowest BCUT2D eigenvalue weighted by Gasteiger charge is -2.47. The van der Waals surface area contributed by atoms with Crippen molar-refractivity contribution in [2.75, 3.05) is 36.8 Å². The molecule has 4 atom stereocenters. The summed E-state index contributed by atoms with van der Waals surface area (Å²) in [5, 5.41) is 17.2. The highest BCUT2D eigenvalue weighted by molar-refractivity contribution is 7.89. The SMILES string of the molecule is C[C@@H]1CN(c2ccc(C3CCS(=O)(=O)NC3)cc2)[C@H](C)CN1CC(O)(Cn1cncn1)c1ccc(Cl)cc1Cl. The number of hydrogen-bond donors (Lipinski definition) is 2. The molecule has 5 rings (SSSR count). The van der Waals surface area contributed by atoms with Crippen LogP contribution in [0.4, 0.5) is 5.69 Å². The molecule has 2 aliphatic rings. The van der Waals surface area contributed by atoms with E-state index in [0.29, 0.717) is 35.1 Å². The van der Waals surface area contributed by atoms with Crippen LogP contribution in [0.25, 0.3) is 0 Å². The van der Waals surface area contributed by atoms with Gasteiger partial charge in [0.1, 0.15) is 18.3 Å². The Morgan fingerprint density at radius 1 is 1.08 bits per heavy atom. The lowest BCUT2D eigenvalue weighted by atomic mass is 9.91. The predicted molar refractivity (Wildman–Crippen MR) is 154 cm³/mol. The molecular formula is C27H34Cl2N6O3S. The smallest absolute Gasteiger partial charge is 0.211 e. The lowest BCUT2D eigenvalue weighted by molar-refractivity contribution is -0.0328. The fourth-order valence-electron chi connectivity index (χ4n) is 5.71. The van der Waals surface area contributed by atoms with Gasteiger partial charge in [0, 0.05) is 59.6 Å². The third kappa shape index (κ3) is 6.42. The number of halogens is 2. The first-order valence-electron chi connectivity index (χ1n) is 13.1. The van der Waals surface area contributed by atoms with E-state index in [4.69, 9.17) is 23.2 Å². The van der Waals surface area contributed by atoms with Gasteiger partial charge in [-0.15, -0.1) is 0 Å². The van der Waals surface area contributed by atoms with Gasteiger partial charge in [0.25, 0.3) is 0 Å². The summed E-state index contributed by atoms with van der Waals surface area (Å²) in [7, 11) is -3.12. The van der Waals surface area contributed by atoms with Gasteiger partial charge >= 0.3 is 0 Å². The van der Waals surface area contributed by atoms with E-state index < -0.39 is 15.6 Å². The molecule has 0 aliphatic carbocycles. The Morgan fingerprint density at radius 3 is 2.49 bits per heavy atom. The van der Waals surface area contributed by atoms with E-state index in [2.05, 4.69) is 62.7 Å². The topological polar surface area (TPSA) is 104 Å². The largest absolute Gasteiger partial charge is 0.382 e. The van der Waals surface area contributed by atoms with Gasteiger partial charge in [0.15, 0.2) is 0 Å². The van der Waals surface area contributed by atoms with Crippen LogP contribution in [0.15, 0.2) is 55.1 Å². The standard InChI is InChI=1S/C27H34Cl2N6O3S/c1-19-14-35(24-6-3-21(4-7-24)22-9-10-39(37,38)32-12-22)20(2)13-33(19)15-27(36,16-34-18-30-17-31-34)25-8-5-23(28)11-26(25)29/h3-8,11,17-20,22,32,36H,9-10,12-16H2,1-2H3/t19-,20-,22?,27?/m1/s1. The maximum Gasteiger partial charge on any atom is 0.211 e. The van der Waals surface area contributed by atoms with E-state index in [1.807, 2.05) is 0 Å². The second-order valence-corrected chi connectivity index (χ2v) is 13.5. The van der Waals surface area contributed by atoms with Gasteiger partial charge in [-0.3, -0.25) is 4.90 Å². The summed E-state index contributed by atoms with van der Waals surface area (Å²) in [6.45, 7) is 6.91. The van der Waals surface area contributed by atoms with Crippen LogP contribution in [-0.4, -0.2) is 77.2 Å². The Morgan fingerprint density at radius 2 is 1.85 bits per heavy atom. The fraction of sp³-hybridized carbons (Fsp3) is 0.481. The highest BCUT2D eigenvalue weighted by Gasteiger charge is 2.39. The summed E-state index contributed by atoms with van der Waals surface area (Å²) in [5.74, 6) is 0.360. The van der Waals surface area contributed by atoms with E-state index in [-0.39, 0.29) is 30.3 Å². The monoisotopic (exact) mass is 592 g/mol. The molecule has 0 radical (unpaired) electrons. The molecule has 210 valence electrons. The Hall–Kier alpha value is -2.21. The van der Waals surface area contributed by atoms with Crippen LogP contribution in [0.1, 0.15) is 37.3 Å². The normalized spacial score (nSPS) is 25.4. The lowest BCUT2D eigenvalue weighted by Crippen LogP contribution is -2.59. The number of aliphatic hydroxyl groups is 1. The first-order valence-corrected chi connectivity index (χ1v) is 15.5. The zero-order valence-electron chi connectivity index (χ0n) is 22.0. The Labute approximate surface area is 239 Å². The molecule has 2 aromatic carbocycles. The van der Waals surface area contributed by atoms with Crippen LogP contribution < -0.4 is 9.62 Å². The molecular weight excluding hydrogens is 559 g/mol. The average Bonchev–Trinajstić information content (AvgIpc) is 3.39. The number of piperazine rings is 1. The third-order valence-electron chi connectivity index (χ3n) is 7.88. The molecule has 12 heteroatoms. The molecule has 2 N–H and O–H groups in total. The molecule has 0 saturated carbocycles. The Bertz CT molecular complexity index is 1380. The zero-order chi connectivity index (χ0) is 27.8. The number of nitrogens with one attached hydrogen (secondary N) is 1. The van der Waals surface area contributed by atoms with Crippen molar-refractivity contribution in [3.8, 4) is 0 Å². The molecule has 0 spiro atoms. The van der Waals surface area contributed by atoms with Crippen molar-refractivity contribution in [3.05, 3.63) is 76.3 Å². The number of aromatic nitrogens is 3. The number of sulfonamides is 1. The number of anilines is 1. The molecule has 9 nitrogen and oxygen atoms in total. The van der Waals surface area contributed by atoms with Crippen LogP contribution in [0.2, 0.25) is 10.0 Å². The van der Waals surface area contributed by atoms with Crippen LogP contribution in [0.5, 0.6) is 0 Å². The number of benzene rings is 2. The van der Waals surface area contributed by atoms with Crippen LogP contribution in [0, 0.1) is 0 Å². The van der Waals surface area contributed by atoms with Gasteiger partial charge in [-0.2, -0.15) is 5.10 Å². The van der Waals surface area contributed by atoms with E-state index in [1.54, 1.807) is 29.2 Å². The minimum atomic E-state index is -3.12. The van der Waals surface area contributed by atoms with Crippen molar-refractivity contribution >= 4 is 38.9 Å². The Kier molecular flexibility index (Phi) is 8.24. The molecule has 0 amide bonds. The minimum absolute atomic E-state index is 0.155. The van der Waals surface area contributed by atoms with Crippen LogP contribution in [-0.2, 0) is 22.2 Å². The van der Waals surface area contributed by atoms with Gasteiger partial charge in [-0.1, -0.05) is 41.4 Å². The highest BCUT2D eigenvalue weighted by Crippen LogP contribution is 2.35. The average molecular weight is 594 g/mol. The molecule has 2 saturated heterocycles. The van der Waals surface area contributed by atoms with Crippen molar-refractivity contribution in [2.24, 2.45) is 0 Å². The number of hydrogen-bond acceptors (Lipinski definition) is 7. The highest BCUT2D eigenvalue weighted by atomic mass is 35.5. The molecule has 0 bridgehead atoms. The van der Waals surface area contributed by atoms with Crippen molar-refractivity contribution < 1.29 is 13.5 Å². The number of rotatable bonds is 7. The van der Waals surface area contributed by atoms with Crippen LogP contribution >= 0.6 is 23.2 Å². The predicted octanol–water partition coefficient (Wildman–Crippen LogP) is 3.48. The molecule has 3 aromatic rings. The minimum Gasteiger partial charge on any atom is -0.382 e. The van der Waals surface area contributed by atoms with Crippen molar-refractivity contribution in [1.82, 2.24) is 24.4 Å². The first-order chi connectivity index (χ1) is 18.5. The molecule has 3 heterocycles. The maximum absolute atomic E-state index is 12.0. The van der Waals surface area contributed by atoms with E-state index in [9.17, 15) is 13.5 Å². The van der Waals surface area contributed by atoms with Crippen molar-refractivity contribution in [2.45, 2.75) is 50.4 Å². The Balaban J connectivity index is 1.30. The van der Waals surface area contributed by atoms with Crippen molar-refractivity contribution in [1.29, 1.82) is 0 Å².